The van der Waals surface area contributed by atoms with Crippen molar-refractivity contribution in [2.75, 3.05) is 5.32 Å². The summed E-state index contributed by atoms with van der Waals surface area (Å²) in [5.74, 6) is 0.710. The highest BCUT2D eigenvalue weighted by atomic mass is 79.9. The highest BCUT2D eigenvalue weighted by Crippen LogP contribution is 2.19. The smallest absolute Gasteiger partial charge is 0.375 e. The summed E-state index contributed by atoms with van der Waals surface area (Å²) < 4.78 is 39.0. The Bertz CT molecular complexity index is 694. The van der Waals surface area contributed by atoms with Gasteiger partial charge in [-0.25, -0.2) is 9.67 Å². The fourth-order valence-corrected chi connectivity index (χ4v) is 2.06. The zero-order valence-corrected chi connectivity index (χ0v) is 12.4. The van der Waals surface area contributed by atoms with Crippen LogP contribution in [0.5, 0.6) is 0 Å². The average Bonchev–Trinajstić information content (AvgIpc) is 2.78. The van der Waals surface area contributed by atoms with Crippen molar-refractivity contribution >= 4 is 21.6 Å². The van der Waals surface area contributed by atoms with E-state index in [0.717, 1.165) is 0 Å². The first-order valence-electron chi connectivity index (χ1n) is 5.80. The molecule has 21 heavy (non-hydrogen) atoms. The first-order chi connectivity index (χ1) is 9.78. The van der Waals surface area contributed by atoms with Crippen LogP contribution in [0.2, 0.25) is 0 Å². The summed E-state index contributed by atoms with van der Waals surface area (Å²) in [6.07, 6.45) is 0.0373. The summed E-state index contributed by atoms with van der Waals surface area (Å²) in [6.45, 7) is -1.11. The van der Waals surface area contributed by atoms with E-state index in [1.807, 2.05) is 0 Å². The summed E-state index contributed by atoms with van der Waals surface area (Å²) in [4.78, 5) is 15.9. The monoisotopic (exact) mass is 365 g/mol. The third-order valence-corrected chi connectivity index (χ3v) is 3.44. The van der Waals surface area contributed by atoms with Gasteiger partial charge in [0.1, 0.15) is 16.8 Å². The Morgan fingerprint density at radius 2 is 2.14 bits per heavy atom. The first-order valence-corrected chi connectivity index (χ1v) is 6.59. The lowest BCUT2D eigenvalue weighted by atomic mass is 10.4. The normalized spacial score (nSPS) is 11.7. The van der Waals surface area contributed by atoms with Gasteiger partial charge in [0.25, 0.3) is 5.56 Å². The van der Waals surface area contributed by atoms with Gasteiger partial charge in [-0.2, -0.15) is 18.3 Å². The van der Waals surface area contributed by atoms with Crippen LogP contribution in [0.25, 0.3) is 0 Å². The highest BCUT2D eigenvalue weighted by molar-refractivity contribution is 9.10. The van der Waals surface area contributed by atoms with E-state index in [4.69, 9.17) is 0 Å². The maximum absolute atomic E-state index is 12.3. The lowest BCUT2D eigenvalue weighted by Gasteiger charge is -2.11. The average molecular weight is 366 g/mol. The molecular formula is C11H11BrF3N5O. The number of aryl methyl sites for hydroxylation is 1. The largest absolute Gasteiger partial charge is 0.408 e. The lowest BCUT2D eigenvalue weighted by molar-refractivity contribution is -0.143. The SMILES string of the molecule is Cn1ccnc1CNc1cnn(CC(F)(F)F)c(=O)c1Br. The van der Waals surface area contributed by atoms with Gasteiger partial charge < -0.3 is 9.88 Å². The zero-order chi connectivity index (χ0) is 15.6. The quantitative estimate of drug-likeness (QED) is 0.898. The molecule has 0 aliphatic rings. The Balaban J connectivity index is 2.17. The van der Waals surface area contributed by atoms with Crippen molar-refractivity contribution in [3.8, 4) is 0 Å². The molecule has 2 rings (SSSR count). The molecule has 0 aliphatic heterocycles. The number of hydrogen-bond donors (Lipinski definition) is 1. The van der Waals surface area contributed by atoms with Gasteiger partial charge in [-0.1, -0.05) is 0 Å². The second-order valence-electron chi connectivity index (χ2n) is 4.26. The molecule has 114 valence electrons. The van der Waals surface area contributed by atoms with Crippen molar-refractivity contribution < 1.29 is 13.2 Å². The summed E-state index contributed by atoms with van der Waals surface area (Å²) in [5.41, 5.74) is -0.543. The molecule has 2 aromatic rings. The van der Waals surface area contributed by atoms with Crippen LogP contribution in [0.3, 0.4) is 0 Å². The van der Waals surface area contributed by atoms with Gasteiger partial charge in [0, 0.05) is 19.4 Å². The topological polar surface area (TPSA) is 64.7 Å². The molecule has 10 heteroatoms. The minimum absolute atomic E-state index is 0.00374. The van der Waals surface area contributed by atoms with Crippen LogP contribution in [0.4, 0.5) is 18.9 Å². The number of halogens is 4. The minimum atomic E-state index is -4.50. The van der Waals surface area contributed by atoms with Crippen molar-refractivity contribution in [2.24, 2.45) is 7.05 Å². The number of anilines is 1. The van der Waals surface area contributed by atoms with E-state index in [2.05, 4.69) is 31.3 Å². The molecule has 0 saturated carbocycles. The summed E-state index contributed by atoms with van der Waals surface area (Å²) in [5, 5.41) is 6.41. The van der Waals surface area contributed by atoms with Gasteiger partial charge in [0.2, 0.25) is 0 Å². The van der Waals surface area contributed by atoms with E-state index >= 15 is 0 Å². The molecule has 0 amide bonds. The van der Waals surface area contributed by atoms with Gasteiger partial charge in [-0.15, -0.1) is 0 Å². The Labute approximate surface area is 125 Å². The van der Waals surface area contributed by atoms with E-state index < -0.39 is 18.3 Å². The number of rotatable bonds is 4. The van der Waals surface area contributed by atoms with Gasteiger partial charge in [-0.05, 0) is 15.9 Å². The van der Waals surface area contributed by atoms with Gasteiger partial charge >= 0.3 is 6.18 Å². The minimum Gasteiger partial charge on any atom is -0.375 e. The molecule has 6 nitrogen and oxygen atoms in total. The summed E-state index contributed by atoms with van der Waals surface area (Å²) >= 11 is 2.99. The third-order valence-electron chi connectivity index (χ3n) is 2.67. The number of nitrogens with zero attached hydrogens (tertiary/aromatic N) is 4. The van der Waals surface area contributed by atoms with E-state index in [-0.39, 0.29) is 4.47 Å². The van der Waals surface area contributed by atoms with Gasteiger partial charge in [0.05, 0.1) is 18.4 Å². The van der Waals surface area contributed by atoms with Gasteiger partial charge in [-0.3, -0.25) is 4.79 Å². The van der Waals surface area contributed by atoms with Crippen LogP contribution >= 0.6 is 15.9 Å². The summed E-state index contributed by atoms with van der Waals surface area (Å²) in [6, 6.07) is 0. The molecule has 0 unspecified atom stereocenters. The van der Waals surface area contributed by atoms with Crippen molar-refractivity contribution in [3.63, 3.8) is 0 Å². The summed E-state index contributed by atoms with van der Waals surface area (Å²) in [7, 11) is 1.80. The number of imidazole rings is 1. The fourth-order valence-electron chi connectivity index (χ4n) is 1.61. The molecule has 0 fully saturated rings. The number of alkyl halides is 3. The van der Waals surface area contributed by atoms with Crippen LogP contribution in [0.1, 0.15) is 5.82 Å². The molecule has 0 aromatic carbocycles. The standard InChI is InChI=1S/C11H11BrF3N5O/c1-19-3-2-16-8(19)5-17-7-4-18-20(6-11(13,14)15)10(21)9(7)12/h2-4,17H,5-6H2,1H3. The zero-order valence-electron chi connectivity index (χ0n) is 10.9. The molecule has 0 spiro atoms. The predicted octanol–water partition coefficient (Wildman–Crippen LogP) is 1.91. The van der Waals surface area contributed by atoms with Crippen molar-refractivity contribution in [3.05, 3.63) is 39.2 Å². The fraction of sp³-hybridized carbons (Fsp3) is 0.364. The number of aromatic nitrogens is 4. The van der Waals surface area contributed by atoms with Gasteiger partial charge in [0.15, 0.2) is 0 Å². The second kappa shape index (κ2) is 5.88. The molecule has 0 saturated heterocycles. The predicted molar refractivity (Wildman–Crippen MR) is 72.8 cm³/mol. The highest BCUT2D eigenvalue weighted by Gasteiger charge is 2.29. The third kappa shape index (κ3) is 3.84. The number of nitrogens with one attached hydrogen (secondary N) is 1. The Hall–Kier alpha value is -1.84. The maximum atomic E-state index is 12.3. The molecule has 1 N–H and O–H groups in total. The molecule has 0 atom stereocenters. The molecule has 2 heterocycles. The Morgan fingerprint density at radius 1 is 1.43 bits per heavy atom. The Morgan fingerprint density at radius 3 is 2.71 bits per heavy atom. The van der Waals surface area contributed by atoms with Crippen LogP contribution in [0.15, 0.2) is 27.9 Å². The van der Waals surface area contributed by atoms with E-state index in [1.165, 1.54) is 6.20 Å². The van der Waals surface area contributed by atoms with E-state index in [0.29, 0.717) is 22.7 Å². The van der Waals surface area contributed by atoms with E-state index in [9.17, 15) is 18.0 Å². The van der Waals surface area contributed by atoms with Crippen molar-refractivity contribution in [1.29, 1.82) is 0 Å². The van der Waals surface area contributed by atoms with Crippen LogP contribution in [-0.4, -0.2) is 25.5 Å². The Kier molecular flexibility index (Phi) is 4.35. The van der Waals surface area contributed by atoms with Crippen molar-refractivity contribution in [2.45, 2.75) is 19.3 Å². The van der Waals surface area contributed by atoms with E-state index in [1.54, 1.807) is 24.0 Å². The van der Waals surface area contributed by atoms with Crippen LogP contribution in [0, 0.1) is 0 Å². The first kappa shape index (κ1) is 15.5. The number of hydrogen-bond acceptors (Lipinski definition) is 4. The van der Waals surface area contributed by atoms with Crippen LogP contribution < -0.4 is 10.9 Å². The molecular weight excluding hydrogens is 355 g/mol. The molecule has 0 aliphatic carbocycles. The second-order valence-corrected chi connectivity index (χ2v) is 5.05. The maximum Gasteiger partial charge on any atom is 0.408 e. The molecule has 0 radical (unpaired) electrons. The lowest BCUT2D eigenvalue weighted by Crippen LogP contribution is -2.31. The van der Waals surface area contributed by atoms with Crippen molar-refractivity contribution in [1.82, 2.24) is 19.3 Å². The molecule has 0 bridgehead atoms. The molecule has 2 aromatic heterocycles. The van der Waals surface area contributed by atoms with Crippen LogP contribution in [-0.2, 0) is 20.1 Å².